The Morgan fingerprint density at radius 1 is 1.02 bits per heavy atom. The van der Waals surface area contributed by atoms with E-state index in [1.165, 1.54) is 10.6 Å². The average Bonchev–Trinajstić information content (AvgIpc) is 3.38. The van der Waals surface area contributed by atoms with Gasteiger partial charge in [-0.25, -0.2) is 22.9 Å². The Morgan fingerprint density at radius 3 is 2.55 bits per heavy atom. The van der Waals surface area contributed by atoms with Crippen LogP contribution in [0.25, 0.3) is 22.3 Å². The van der Waals surface area contributed by atoms with Crippen molar-refractivity contribution in [2.75, 3.05) is 37.4 Å². The molecule has 0 aliphatic carbocycles. The lowest BCUT2D eigenvalue weighted by molar-refractivity contribution is 0.0730. The Kier molecular flexibility index (Phi) is 7.22. The second-order valence-electron chi connectivity index (χ2n) is 10.0. The third-order valence-corrected chi connectivity index (χ3v) is 9.17. The lowest BCUT2D eigenvalue weighted by Gasteiger charge is -2.26. The van der Waals surface area contributed by atoms with Crippen LogP contribution in [0.2, 0.25) is 0 Å². The molecule has 1 atom stereocenters. The van der Waals surface area contributed by atoms with Crippen LogP contribution in [-0.2, 0) is 14.8 Å². The van der Waals surface area contributed by atoms with Crippen molar-refractivity contribution in [2.45, 2.75) is 24.8 Å². The number of aromatic nitrogens is 5. The van der Waals surface area contributed by atoms with Gasteiger partial charge in [0.2, 0.25) is 10.0 Å². The van der Waals surface area contributed by atoms with E-state index in [1.807, 2.05) is 50.2 Å². The van der Waals surface area contributed by atoms with E-state index >= 15 is 0 Å². The second-order valence-corrected chi connectivity index (χ2v) is 12.0. The third kappa shape index (κ3) is 4.91. The van der Waals surface area contributed by atoms with Gasteiger partial charge in [-0.3, -0.25) is 9.36 Å². The first-order valence-electron chi connectivity index (χ1n) is 13.5. The van der Waals surface area contributed by atoms with E-state index in [-0.39, 0.29) is 29.4 Å². The molecule has 1 aliphatic rings. The van der Waals surface area contributed by atoms with E-state index in [2.05, 4.69) is 15.3 Å². The molecule has 0 amide bonds. The molecule has 0 saturated carbocycles. The van der Waals surface area contributed by atoms with Gasteiger partial charge in [0.05, 0.1) is 35.4 Å². The number of benzene rings is 2. The second kappa shape index (κ2) is 11.0. The van der Waals surface area contributed by atoms with E-state index in [4.69, 9.17) is 15.6 Å². The number of anilines is 2. The van der Waals surface area contributed by atoms with Crippen molar-refractivity contribution in [3.05, 3.63) is 94.9 Å². The van der Waals surface area contributed by atoms with Crippen LogP contribution in [0.5, 0.6) is 0 Å². The number of fused-ring (bicyclic) bond motifs is 1. The Labute approximate surface area is 242 Å². The van der Waals surface area contributed by atoms with Gasteiger partial charge >= 0.3 is 0 Å². The predicted octanol–water partition coefficient (Wildman–Crippen LogP) is 3.03. The van der Waals surface area contributed by atoms with Crippen LogP contribution in [-0.4, -0.2) is 63.2 Å². The van der Waals surface area contributed by atoms with Crippen molar-refractivity contribution in [1.29, 1.82) is 0 Å². The van der Waals surface area contributed by atoms with Crippen molar-refractivity contribution in [1.82, 2.24) is 28.5 Å². The molecule has 1 aliphatic heterocycles. The summed E-state index contributed by atoms with van der Waals surface area (Å²) in [6.07, 6.45) is 3.09. The van der Waals surface area contributed by atoms with Crippen LogP contribution >= 0.6 is 0 Å². The Morgan fingerprint density at radius 2 is 1.79 bits per heavy atom. The molecule has 0 spiro atoms. The number of hydrogen-bond acceptors (Lipinski definition) is 9. The molecule has 216 valence electrons. The number of aryl methyl sites for hydroxylation is 1. The number of nitrogens with two attached hydrogens (primary N) is 1. The Hall–Kier alpha value is -4.59. The lowest BCUT2D eigenvalue weighted by atomic mass is 10.1. The predicted molar refractivity (Wildman–Crippen MR) is 159 cm³/mol. The summed E-state index contributed by atoms with van der Waals surface area (Å²) in [5.74, 6) is 0.986. The molecule has 42 heavy (non-hydrogen) atoms. The molecule has 4 heterocycles. The highest BCUT2D eigenvalue weighted by Gasteiger charge is 2.27. The molecule has 5 aromatic rings. The minimum absolute atomic E-state index is 0.136. The minimum atomic E-state index is -3.74. The molecule has 13 heteroatoms. The normalized spacial score (nSPS) is 15.1. The number of hydrogen-bond donors (Lipinski definition) is 2. The molecular weight excluding hydrogens is 556 g/mol. The fraction of sp³-hybridized carbons (Fsp3) is 0.241. The summed E-state index contributed by atoms with van der Waals surface area (Å²) < 4.78 is 36.6. The van der Waals surface area contributed by atoms with E-state index in [0.717, 1.165) is 5.56 Å². The quantitative estimate of drug-likeness (QED) is 0.293. The van der Waals surface area contributed by atoms with Crippen LogP contribution in [0.1, 0.15) is 24.4 Å². The SMILES string of the molecule is Cc1ccn2nc(C(C)Nc3ncnc(N)c3-c3cccc(S(=O)(=O)N4CCOCC4)c3)n(-c3ccccc3)c(=O)c12. The zero-order chi connectivity index (χ0) is 29.4. The van der Waals surface area contributed by atoms with Gasteiger partial charge in [0, 0.05) is 19.3 Å². The summed E-state index contributed by atoms with van der Waals surface area (Å²) >= 11 is 0. The highest BCUT2D eigenvalue weighted by molar-refractivity contribution is 7.89. The first kappa shape index (κ1) is 27.6. The first-order valence-corrected chi connectivity index (χ1v) is 14.9. The van der Waals surface area contributed by atoms with Gasteiger partial charge in [-0.05, 0) is 55.3 Å². The third-order valence-electron chi connectivity index (χ3n) is 7.28. The molecular formula is C29H30N8O4S. The van der Waals surface area contributed by atoms with E-state index in [0.29, 0.717) is 47.2 Å². The monoisotopic (exact) mass is 586 g/mol. The number of nitrogen functional groups attached to an aromatic ring is 1. The number of nitrogens with one attached hydrogen (secondary N) is 1. The Bertz CT molecular complexity index is 1930. The highest BCUT2D eigenvalue weighted by atomic mass is 32.2. The summed E-state index contributed by atoms with van der Waals surface area (Å²) in [6, 6.07) is 17.2. The summed E-state index contributed by atoms with van der Waals surface area (Å²) in [4.78, 5) is 22.5. The number of nitrogens with zero attached hydrogens (tertiary/aromatic N) is 6. The van der Waals surface area contributed by atoms with Crippen LogP contribution in [0, 0.1) is 6.92 Å². The number of morpholine rings is 1. The summed E-state index contributed by atoms with van der Waals surface area (Å²) in [6.45, 7) is 5.01. The van der Waals surface area contributed by atoms with Crippen molar-refractivity contribution < 1.29 is 13.2 Å². The maximum atomic E-state index is 13.8. The zero-order valence-electron chi connectivity index (χ0n) is 23.1. The van der Waals surface area contributed by atoms with Crippen LogP contribution in [0.3, 0.4) is 0 Å². The summed E-state index contributed by atoms with van der Waals surface area (Å²) in [5, 5.41) is 8.15. The molecule has 3 N–H and O–H groups in total. The van der Waals surface area contributed by atoms with Crippen LogP contribution in [0.4, 0.5) is 11.6 Å². The smallest absolute Gasteiger partial charge is 0.282 e. The van der Waals surface area contributed by atoms with Gasteiger partial charge in [-0.1, -0.05) is 30.3 Å². The fourth-order valence-electron chi connectivity index (χ4n) is 5.15. The molecule has 2 aromatic carbocycles. The lowest BCUT2D eigenvalue weighted by Crippen LogP contribution is -2.40. The van der Waals surface area contributed by atoms with Crippen molar-refractivity contribution >= 4 is 27.2 Å². The van der Waals surface area contributed by atoms with Gasteiger partial charge in [0.25, 0.3) is 5.56 Å². The Balaban J connectivity index is 1.42. The molecule has 1 saturated heterocycles. The molecule has 12 nitrogen and oxygen atoms in total. The summed E-state index contributed by atoms with van der Waals surface area (Å²) in [5.41, 5.74) is 9.09. The fourth-order valence-corrected chi connectivity index (χ4v) is 6.60. The molecule has 0 radical (unpaired) electrons. The molecule has 6 rings (SSSR count). The van der Waals surface area contributed by atoms with E-state index in [1.54, 1.807) is 39.5 Å². The van der Waals surface area contributed by atoms with Gasteiger partial charge in [-0.15, -0.1) is 0 Å². The topological polar surface area (TPSA) is 150 Å². The average molecular weight is 587 g/mol. The zero-order valence-corrected chi connectivity index (χ0v) is 24.0. The van der Waals surface area contributed by atoms with Gasteiger partial charge in [-0.2, -0.15) is 9.40 Å². The van der Waals surface area contributed by atoms with Crippen LogP contribution in [0.15, 0.2) is 82.9 Å². The molecule has 0 bridgehead atoms. The number of rotatable bonds is 7. The molecule has 3 aromatic heterocycles. The van der Waals surface area contributed by atoms with Crippen molar-refractivity contribution in [2.24, 2.45) is 0 Å². The van der Waals surface area contributed by atoms with Crippen molar-refractivity contribution in [3.63, 3.8) is 0 Å². The minimum Gasteiger partial charge on any atom is -0.383 e. The molecule has 1 unspecified atom stereocenters. The maximum absolute atomic E-state index is 13.8. The van der Waals surface area contributed by atoms with E-state index < -0.39 is 16.1 Å². The first-order chi connectivity index (χ1) is 20.3. The molecule has 1 fully saturated rings. The standard InChI is InChI=1S/C29H30N8O4S/c1-19-11-12-36-25(19)29(38)37(22-8-4-3-5-9-22)28(34-36)20(2)33-27-24(26(30)31-18-32-27)21-7-6-10-23(17-21)42(39,40)35-13-15-41-16-14-35/h3-12,17-18,20H,13-16H2,1-2H3,(H3,30,31,32,33). The number of sulfonamides is 1. The van der Waals surface area contributed by atoms with Gasteiger partial charge in [0.1, 0.15) is 23.5 Å². The number of ether oxygens (including phenoxy) is 1. The van der Waals surface area contributed by atoms with E-state index in [9.17, 15) is 13.2 Å². The van der Waals surface area contributed by atoms with Crippen molar-refractivity contribution in [3.8, 4) is 16.8 Å². The van der Waals surface area contributed by atoms with Gasteiger partial charge < -0.3 is 15.8 Å². The summed E-state index contributed by atoms with van der Waals surface area (Å²) in [7, 11) is -3.74. The van der Waals surface area contributed by atoms with Crippen LogP contribution < -0.4 is 16.6 Å². The highest BCUT2D eigenvalue weighted by Crippen LogP contribution is 2.34. The largest absolute Gasteiger partial charge is 0.383 e. The van der Waals surface area contributed by atoms with Gasteiger partial charge in [0.15, 0.2) is 5.82 Å². The number of para-hydroxylation sites is 1. The maximum Gasteiger partial charge on any atom is 0.282 e.